The molecule has 2 aromatic rings. The second kappa shape index (κ2) is 8.58. The van der Waals surface area contributed by atoms with Crippen LogP contribution in [0.3, 0.4) is 0 Å². The molecular formula is C25H34N4O2. The summed E-state index contributed by atoms with van der Waals surface area (Å²) in [7, 11) is 1.88. The maximum atomic E-state index is 14.1. The Kier molecular flexibility index (Phi) is 6.02. The molecule has 1 aromatic heterocycles. The molecule has 6 nitrogen and oxygen atoms in total. The predicted molar refractivity (Wildman–Crippen MR) is 122 cm³/mol. The molecule has 0 radical (unpaired) electrons. The molecule has 2 aliphatic heterocycles. The SMILES string of the molecule is CNc1cc(C2(C)CCCN(C(=O)C3(c4ccc(C)cc4)CCOCC3)C2)nc(C)n1. The minimum atomic E-state index is -0.498. The van der Waals surface area contributed by atoms with E-state index in [2.05, 4.69) is 53.3 Å². The highest BCUT2D eigenvalue weighted by atomic mass is 16.5. The molecular weight excluding hydrogens is 388 g/mol. The van der Waals surface area contributed by atoms with Gasteiger partial charge in [0.25, 0.3) is 0 Å². The molecule has 2 aliphatic rings. The van der Waals surface area contributed by atoms with Gasteiger partial charge in [-0.1, -0.05) is 36.8 Å². The Balaban J connectivity index is 1.65. The fourth-order valence-corrected chi connectivity index (χ4v) is 5.15. The van der Waals surface area contributed by atoms with Crippen molar-refractivity contribution in [1.29, 1.82) is 0 Å². The summed E-state index contributed by atoms with van der Waals surface area (Å²) in [5.74, 6) is 1.82. The maximum Gasteiger partial charge on any atom is 0.233 e. The molecule has 1 atom stereocenters. The van der Waals surface area contributed by atoms with Crippen LogP contribution in [0.4, 0.5) is 5.82 Å². The first kappa shape index (κ1) is 21.8. The van der Waals surface area contributed by atoms with Crippen LogP contribution in [0.15, 0.2) is 30.3 Å². The highest BCUT2D eigenvalue weighted by Crippen LogP contribution is 2.40. The number of carbonyl (C=O) groups is 1. The van der Waals surface area contributed by atoms with Crippen molar-refractivity contribution in [2.45, 2.75) is 57.3 Å². The molecule has 2 saturated heterocycles. The van der Waals surface area contributed by atoms with Crippen LogP contribution < -0.4 is 5.32 Å². The zero-order chi connectivity index (χ0) is 22.1. The number of carbonyl (C=O) groups excluding carboxylic acids is 1. The molecule has 0 spiro atoms. The molecule has 0 bridgehead atoms. The molecule has 0 saturated carbocycles. The highest BCUT2D eigenvalue weighted by molar-refractivity contribution is 5.88. The van der Waals surface area contributed by atoms with Crippen LogP contribution in [0.5, 0.6) is 0 Å². The smallest absolute Gasteiger partial charge is 0.233 e. The number of aryl methyl sites for hydroxylation is 2. The Hall–Kier alpha value is -2.47. The molecule has 1 unspecified atom stereocenters. The molecule has 166 valence electrons. The molecule has 2 fully saturated rings. The van der Waals surface area contributed by atoms with E-state index in [9.17, 15) is 4.79 Å². The van der Waals surface area contributed by atoms with Crippen LogP contribution in [0.2, 0.25) is 0 Å². The normalized spacial score (nSPS) is 23.4. The summed E-state index contributed by atoms with van der Waals surface area (Å²) < 4.78 is 5.66. The van der Waals surface area contributed by atoms with Crippen LogP contribution in [0.25, 0.3) is 0 Å². The van der Waals surface area contributed by atoms with Gasteiger partial charge in [0, 0.05) is 44.8 Å². The lowest BCUT2D eigenvalue weighted by Gasteiger charge is -2.45. The van der Waals surface area contributed by atoms with Crippen molar-refractivity contribution in [3.8, 4) is 0 Å². The van der Waals surface area contributed by atoms with Gasteiger partial charge in [-0.05, 0) is 45.1 Å². The molecule has 31 heavy (non-hydrogen) atoms. The van der Waals surface area contributed by atoms with Gasteiger partial charge in [0.15, 0.2) is 0 Å². The lowest BCUT2D eigenvalue weighted by molar-refractivity contribution is -0.143. The fourth-order valence-electron chi connectivity index (χ4n) is 5.15. The van der Waals surface area contributed by atoms with Crippen molar-refractivity contribution in [2.75, 3.05) is 38.7 Å². The van der Waals surface area contributed by atoms with Crippen molar-refractivity contribution >= 4 is 11.7 Å². The lowest BCUT2D eigenvalue weighted by Crippen LogP contribution is -2.55. The Bertz CT molecular complexity index is 937. The summed E-state index contributed by atoms with van der Waals surface area (Å²) in [5.41, 5.74) is 2.66. The number of hydrogen-bond acceptors (Lipinski definition) is 5. The average molecular weight is 423 g/mol. The third kappa shape index (κ3) is 4.18. The first-order chi connectivity index (χ1) is 14.9. The number of amides is 1. The van der Waals surface area contributed by atoms with Gasteiger partial charge in [0.1, 0.15) is 11.6 Å². The lowest BCUT2D eigenvalue weighted by atomic mass is 9.71. The standard InChI is InChI=1S/C25H34N4O2/c1-18-6-8-20(9-7-18)25(11-14-31-15-12-25)23(30)29-13-5-10-24(3,17-29)21-16-22(26-4)28-19(2)27-21/h6-9,16H,5,10-15,17H2,1-4H3,(H,26,27,28). The zero-order valence-corrected chi connectivity index (χ0v) is 19.2. The van der Waals surface area contributed by atoms with Crippen LogP contribution >= 0.6 is 0 Å². The molecule has 6 heteroatoms. The summed E-state index contributed by atoms with van der Waals surface area (Å²) in [6, 6.07) is 10.5. The summed E-state index contributed by atoms with van der Waals surface area (Å²) in [6.07, 6.45) is 3.45. The Morgan fingerprint density at radius 3 is 2.48 bits per heavy atom. The molecule has 1 amide bonds. The Morgan fingerprint density at radius 2 is 1.81 bits per heavy atom. The Labute approximate surface area is 185 Å². The number of aromatic nitrogens is 2. The van der Waals surface area contributed by atoms with Gasteiger partial charge in [-0.3, -0.25) is 4.79 Å². The van der Waals surface area contributed by atoms with Crippen molar-refractivity contribution in [1.82, 2.24) is 14.9 Å². The molecule has 1 N–H and O–H groups in total. The van der Waals surface area contributed by atoms with Gasteiger partial charge >= 0.3 is 0 Å². The largest absolute Gasteiger partial charge is 0.381 e. The van der Waals surface area contributed by atoms with E-state index in [1.54, 1.807) is 0 Å². The topological polar surface area (TPSA) is 67.4 Å². The van der Waals surface area contributed by atoms with Gasteiger partial charge in [0.2, 0.25) is 5.91 Å². The van der Waals surface area contributed by atoms with E-state index in [4.69, 9.17) is 9.72 Å². The number of anilines is 1. The maximum absolute atomic E-state index is 14.1. The van der Waals surface area contributed by atoms with Crippen molar-refractivity contribution in [3.63, 3.8) is 0 Å². The third-order valence-electron chi connectivity index (χ3n) is 7.06. The molecule has 1 aromatic carbocycles. The van der Waals surface area contributed by atoms with E-state index in [1.165, 1.54) is 5.56 Å². The number of ether oxygens (including phenoxy) is 1. The van der Waals surface area contributed by atoms with Crippen molar-refractivity contribution < 1.29 is 9.53 Å². The number of nitrogens with one attached hydrogen (secondary N) is 1. The average Bonchev–Trinajstić information content (AvgIpc) is 2.79. The monoisotopic (exact) mass is 422 g/mol. The van der Waals surface area contributed by atoms with E-state index < -0.39 is 5.41 Å². The van der Waals surface area contributed by atoms with Gasteiger partial charge in [-0.25, -0.2) is 9.97 Å². The van der Waals surface area contributed by atoms with Gasteiger partial charge in [-0.15, -0.1) is 0 Å². The number of hydrogen-bond donors (Lipinski definition) is 1. The number of benzene rings is 1. The number of nitrogens with zero attached hydrogens (tertiary/aromatic N) is 3. The summed E-state index contributed by atoms with van der Waals surface area (Å²) in [4.78, 5) is 25.4. The zero-order valence-electron chi connectivity index (χ0n) is 19.2. The van der Waals surface area contributed by atoms with E-state index in [-0.39, 0.29) is 11.3 Å². The van der Waals surface area contributed by atoms with Crippen molar-refractivity contribution in [3.05, 3.63) is 53.0 Å². The summed E-state index contributed by atoms with van der Waals surface area (Å²) >= 11 is 0. The van der Waals surface area contributed by atoms with E-state index in [1.807, 2.05) is 20.0 Å². The number of rotatable bonds is 4. The quantitative estimate of drug-likeness (QED) is 0.813. The fraction of sp³-hybridized carbons (Fsp3) is 0.560. The van der Waals surface area contributed by atoms with E-state index in [0.717, 1.165) is 55.1 Å². The number of likely N-dealkylation sites (tertiary alicyclic amines) is 1. The second-order valence-electron chi connectivity index (χ2n) is 9.39. The van der Waals surface area contributed by atoms with Crippen LogP contribution in [0.1, 0.15) is 55.3 Å². The van der Waals surface area contributed by atoms with E-state index >= 15 is 0 Å². The van der Waals surface area contributed by atoms with Crippen molar-refractivity contribution in [2.24, 2.45) is 0 Å². The molecule has 0 aliphatic carbocycles. The van der Waals surface area contributed by atoms with Gasteiger partial charge in [-0.2, -0.15) is 0 Å². The molecule has 4 rings (SSSR count). The third-order valence-corrected chi connectivity index (χ3v) is 7.06. The first-order valence-corrected chi connectivity index (χ1v) is 11.3. The van der Waals surface area contributed by atoms with Crippen LogP contribution in [-0.2, 0) is 20.4 Å². The predicted octanol–water partition coefficient (Wildman–Crippen LogP) is 3.76. The van der Waals surface area contributed by atoms with Crippen LogP contribution in [-0.4, -0.2) is 54.1 Å². The summed E-state index contributed by atoms with van der Waals surface area (Å²) in [5, 5.41) is 3.14. The highest BCUT2D eigenvalue weighted by Gasteiger charge is 2.46. The van der Waals surface area contributed by atoms with E-state index in [0.29, 0.717) is 19.8 Å². The molecule has 3 heterocycles. The Morgan fingerprint density at radius 1 is 1.10 bits per heavy atom. The first-order valence-electron chi connectivity index (χ1n) is 11.3. The van der Waals surface area contributed by atoms with Gasteiger partial charge < -0.3 is 15.0 Å². The number of piperidine rings is 1. The minimum Gasteiger partial charge on any atom is -0.381 e. The van der Waals surface area contributed by atoms with Crippen LogP contribution in [0, 0.1) is 13.8 Å². The summed E-state index contributed by atoms with van der Waals surface area (Å²) in [6.45, 7) is 8.97. The minimum absolute atomic E-state index is 0.188. The van der Waals surface area contributed by atoms with Gasteiger partial charge in [0.05, 0.1) is 11.1 Å². The second-order valence-corrected chi connectivity index (χ2v) is 9.39.